The molecule has 0 saturated heterocycles. The summed E-state index contributed by atoms with van der Waals surface area (Å²) < 4.78 is 8.06. The summed E-state index contributed by atoms with van der Waals surface area (Å²) in [6, 6.07) is 10.7. The van der Waals surface area contributed by atoms with Crippen LogP contribution < -0.4 is 4.80 Å². The van der Waals surface area contributed by atoms with Gasteiger partial charge in [0.1, 0.15) is 0 Å². The Morgan fingerprint density at radius 1 is 1.24 bits per heavy atom. The first-order valence-corrected chi connectivity index (χ1v) is 10.2. The van der Waals surface area contributed by atoms with Gasteiger partial charge in [0.25, 0.3) is 11.6 Å². The number of carbonyl (C=O) groups is 1. The molecule has 0 aliphatic heterocycles. The Hall–Kier alpha value is -2.84. The Bertz CT molecular complexity index is 1130. The summed E-state index contributed by atoms with van der Waals surface area (Å²) in [7, 11) is 0. The van der Waals surface area contributed by atoms with Gasteiger partial charge in [-0.1, -0.05) is 35.1 Å². The first-order valence-electron chi connectivity index (χ1n) is 9.38. The molecule has 1 amide bonds. The van der Waals surface area contributed by atoms with Gasteiger partial charge in [-0.25, -0.2) is 0 Å². The molecule has 7 nitrogen and oxygen atoms in total. The van der Waals surface area contributed by atoms with Crippen molar-refractivity contribution in [2.45, 2.75) is 33.7 Å². The smallest absolute Gasteiger partial charge is 0.270 e. The first-order chi connectivity index (χ1) is 13.9. The molecule has 0 unspecified atom stereocenters. The van der Waals surface area contributed by atoms with Gasteiger partial charge in [-0.05, 0) is 38.0 Å². The Balaban J connectivity index is 2.00. The fourth-order valence-electron chi connectivity index (χ4n) is 3.08. The average molecular weight is 413 g/mol. The minimum Gasteiger partial charge on any atom is -0.380 e. The number of carbonyl (C=O) groups excluding carboxylic acids is 1. The van der Waals surface area contributed by atoms with E-state index in [1.54, 1.807) is 6.07 Å². The van der Waals surface area contributed by atoms with E-state index in [0.717, 1.165) is 22.2 Å². The molecule has 3 aromatic rings. The van der Waals surface area contributed by atoms with E-state index in [1.807, 2.05) is 43.5 Å². The van der Waals surface area contributed by atoms with Gasteiger partial charge in [0.15, 0.2) is 4.80 Å². The summed E-state index contributed by atoms with van der Waals surface area (Å²) in [5.74, 6) is -0.245. The van der Waals surface area contributed by atoms with Crippen molar-refractivity contribution < 1.29 is 14.5 Å². The number of aryl methyl sites for hydroxylation is 2. The third-order valence-electron chi connectivity index (χ3n) is 4.61. The number of thiazole rings is 1. The summed E-state index contributed by atoms with van der Waals surface area (Å²) >= 11 is 1.28. The van der Waals surface area contributed by atoms with Gasteiger partial charge in [-0.15, -0.1) is 0 Å². The number of hydrogen-bond donors (Lipinski definition) is 0. The monoisotopic (exact) mass is 413 g/mol. The summed E-state index contributed by atoms with van der Waals surface area (Å²) in [6.07, 6.45) is 0.216. The molecule has 1 heterocycles. The summed E-state index contributed by atoms with van der Waals surface area (Å²) in [5.41, 5.74) is 3.92. The predicted molar refractivity (Wildman–Crippen MR) is 113 cm³/mol. The van der Waals surface area contributed by atoms with E-state index in [9.17, 15) is 14.9 Å². The highest BCUT2D eigenvalue weighted by molar-refractivity contribution is 7.16. The standard InChI is InChI=1S/C21H23N3O4S/c1-4-28-10-9-23-18-8-7-17(24(26)27)13-19(18)29-21(23)22-20(25)12-16-11-14(2)5-6-15(16)3/h5-8,11,13H,4,9-10,12H2,1-3H3. The van der Waals surface area contributed by atoms with Gasteiger partial charge < -0.3 is 9.30 Å². The van der Waals surface area contributed by atoms with E-state index in [4.69, 9.17) is 4.74 Å². The van der Waals surface area contributed by atoms with Gasteiger partial charge in [0.2, 0.25) is 0 Å². The fourth-order valence-corrected chi connectivity index (χ4v) is 4.18. The molecule has 8 heteroatoms. The van der Waals surface area contributed by atoms with Gasteiger partial charge in [0.05, 0.1) is 28.2 Å². The van der Waals surface area contributed by atoms with Crippen LogP contribution in [0.5, 0.6) is 0 Å². The fraction of sp³-hybridized carbons (Fsp3) is 0.333. The van der Waals surface area contributed by atoms with Crippen molar-refractivity contribution in [3.8, 4) is 0 Å². The van der Waals surface area contributed by atoms with Crippen molar-refractivity contribution in [2.75, 3.05) is 13.2 Å². The molecule has 0 aliphatic carbocycles. The van der Waals surface area contributed by atoms with Crippen LogP contribution in [-0.2, 0) is 22.5 Å². The molecule has 29 heavy (non-hydrogen) atoms. The number of hydrogen-bond acceptors (Lipinski definition) is 5. The van der Waals surface area contributed by atoms with Crippen LogP contribution in [0.2, 0.25) is 0 Å². The van der Waals surface area contributed by atoms with Crippen LogP contribution in [0.1, 0.15) is 23.6 Å². The van der Waals surface area contributed by atoms with Crippen molar-refractivity contribution in [1.82, 2.24) is 4.57 Å². The lowest BCUT2D eigenvalue weighted by molar-refractivity contribution is -0.384. The van der Waals surface area contributed by atoms with E-state index >= 15 is 0 Å². The van der Waals surface area contributed by atoms with Crippen molar-refractivity contribution >= 4 is 33.1 Å². The highest BCUT2D eigenvalue weighted by Crippen LogP contribution is 2.23. The topological polar surface area (TPSA) is 86.7 Å². The van der Waals surface area contributed by atoms with Crippen LogP contribution in [0.25, 0.3) is 10.2 Å². The summed E-state index contributed by atoms with van der Waals surface area (Å²) in [4.78, 5) is 28.2. The largest absolute Gasteiger partial charge is 0.380 e. The number of fused-ring (bicyclic) bond motifs is 1. The van der Waals surface area contributed by atoms with Gasteiger partial charge in [0, 0.05) is 25.3 Å². The maximum atomic E-state index is 12.7. The maximum Gasteiger partial charge on any atom is 0.270 e. The van der Waals surface area contributed by atoms with Crippen molar-refractivity contribution in [1.29, 1.82) is 0 Å². The van der Waals surface area contributed by atoms with E-state index in [1.165, 1.54) is 23.5 Å². The van der Waals surface area contributed by atoms with Crippen LogP contribution in [-0.4, -0.2) is 28.6 Å². The molecule has 0 spiro atoms. The van der Waals surface area contributed by atoms with Crippen LogP contribution in [0, 0.1) is 24.0 Å². The number of rotatable bonds is 7. The second kappa shape index (κ2) is 9.11. The lowest BCUT2D eigenvalue weighted by Crippen LogP contribution is -2.20. The molecule has 2 aromatic carbocycles. The minimum absolute atomic E-state index is 0.0176. The lowest BCUT2D eigenvalue weighted by atomic mass is 10.0. The Morgan fingerprint density at radius 3 is 2.76 bits per heavy atom. The van der Waals surface area contributed by atoms with Gasteiger partial charge in [-0.2, -0.15) is 4.99 Å². The number of non-ortho nitro benzene ring substituents is 1. The average Bonchev–Trinajstić information content (AvgIpc) is 3.01. The SMILES string of the molecule is CCOCCn1c(=NC(=O)Cc2cc(C)ccc2C)sc2cc([N+](=O)[O-])ccc21. The number of aromatic nitrogens is 1. The Morgan fingerprint density at radius 2 is 2.03 bits per heavy atom. The third kappa shape index (κ3) is 4.96. The third-order valence-corrected chi connectivity index (χ3v) is 5.65. The minimum atomic E-state index is -0.424. The highest BCUT2D eigenvalue weighted by Gasteiger charge is 2.13. The number of amides is 1. The number of nitro groups is 1. The van der Waals surface area contributed by atoms with Crippen LogP contribution in [0.15, 0.2) is 41.4 Å². The molecule has 152 valence electrons. The van der Waals surface area contributed by atoms with Crippen molar-refractivity contribution in [3.05, 3.63) is 68.0 Å². The van der Waals surface area contributed by atoms with Crippen LogP contribution in [0.3, 0.4) is 0 Å². The zero-order chi connectivity index (χ0) is 21.0. The number of benzene rings is 2. The van der Waals surface area contributed by atoms with Gasteiger partial charge in [-0.3, -0.25) is 14.9 Å². The Kier molecular flexibility index (Phi) is 6.56. The number of nitrogens with zero attached hydrogens (tertiary/aromatic N) is 3. The Labute approximate surface area is 172 Å². The quantitative estimate of drug-likeness (QED) is 0.334. The van der Waals surface area contributed by atoms with Crippen LogP contribution >= 0.6 is 11.3 Å². The van der Waals surface area contributed by atoms with E-state index < -0.39 is 4.92 Å². The zero-order valence-electron chi connectivity index (χ0n) is 16.7. The van der Waals surface area contributed by atoms with Crippen LogP contribution in [0.4, 0.5) is 5.69 Å². The molecule has 1 aromatic heterocycles. The molecule has 0 aliphatic rings. The molecule has 0 fully saturated rings. The maximum absolute atomic E-state index is 12.7. The number of nitro benzene ring substituents is 1. The zero-order valence-corrected chi connectivity index (χ0v) is 17.5. The summed E-state index contributed by atoms with van der Waals surface area (Å²) in [5, 5.41) is 11.1. The normalized spacial score (nSPS) is 11.9. The predicted octanol–water partition coefficient (Wildman–Crippen LogP) is 3.93. The highest BCUT2D eigenvalue weighted by atomic mass is 32.1. The summed E-state index contributed by atoms with van der Waals surface area (Å²) in [6.45, 7) is 7.46. The molecule has 0 saturated carbocycles. The molecule has 0 bridgehead atoms. The van der Waals surface area contributed by atoms with Gasteiger partial charge >= 0.3 is 0 Å². The van der Waals surface area contributed by atoms with Crippen molar-refractivity contribution in [3.63, 3.8) is 0 Å². The molecule has 0 radical (unpaired) electrons. The van der Waals surface area contributed by atoms with E-state index in [-0.39, 0.29) is 18.0 Å². The number of ether oxygens (including phenoxy) is 1. The van der Waals surface area contributed by atoms with E-state index in [0.29, 0.717) is 29.3 Å². The lowest BCUT2D eigenvalue weighted by Gasteiger charge is -2.06. The molecular formula is C21H23N3O4S. The van der Waals surface area contributed by atoms with Crippen molar-refractivity contribution in [2.24, 2.45) is 4.99 Å². The second-order valence-electron chi connectivity index (χ2n) is 6.75. The second-order valence-corrected chi connectivity index (χ2v) is 7.76. The molecular weight excluding hydrogens is 390 g/mol. The molecule has 0 atom stereocenters. The van der Waals surface area contributed by atoms with E-state index in [2.05, 4.69) is 4.99 Å². The molecule has 3 rings (SSSR count). The first kappa shape index (κ1) is 20.9. The molecule has 0 N–H and O–H groups in total.